The van der Waals surface area contributed by atoms with Crippen LogP contribution in [0.15, 0.2) is 71.6 Å². The first-order valence-electron chi connectivity index (χ1n) is 9.76. The number of carbonyl (C=O) groups is 1. The smallest absolute Gasteiger partial charge is 0.416 e. The van der Waals surface area contributed by atoms with Gasteiger partial charge in [-0.25, -0.2) is 18.9 Å². The van der Waals surface area contributed by atoms with E-state index in [1.807, 2.05) is 0 Å². The van der Waals surface area contributed by atoms with E-state index >= 15 is 0 Å². The third kappa shape index (κ3) is 5.37. The fourth-order valence-electron chi connectivity index (χ4n) is 3.04. The SMILES string of the molecule is O=C(NCCc1coc(-c2ccc(F)cc2)n1)Nc1cc(C(F)(F)F)ccc1-n1cccn1. The zero-order valence-electron chi connectivity index (χ0n) is 16.9. The van der Waals surface area contributed by atoms with E-state index in [4.69, 9.17) is 4.42 Å². The Balaban J connectivity index is 1.39. The Morgan fingerprint density at radius 2 is 1.91 bits per heavy atom. The molecule has 0 saturated heterocycles. The molecule has 170 valence electrons. The van der Waals surface area contributed by atoms with Crippen molar-refractivity contribution in [2.45, 2.75) is 12.6 Å². The Labute approximate surface area is 185 Å². The topological polar surface area (TPSA) is 85.0 Å². The molecule has 0 bridgehead atoms. The van der Waals surface area contributed by atoms with Crippen LogP contribution in [0.5, 0.6) is 0 Å². The fraction of sp³-hybridized carbons (Fsp3) is 0.136. The van der Waals surface area contributed by atoms with E-state index in [-0.39, 0.29) is 23.7 Å². The molecule has 2 heterocycles. The first-order valence-corrected chi connectivity index (χ1v) is 9.76. The van der Waals surface area contributed by atoms with Crippen molar-refractivity contribution in [3.8, 4) is 17.1 Å². The van der Waals surface area contributed by atoms with Gasteiger partial charge < -0.3 is 15.1 Å². The van der Waals surface area contributed by atoms with Crippen LogP contribution >= 0.6 is 0 Å². The Morgan fingerprint density at radius 3 is 2.61 bits per heavy atom. The predicted molar refractivity (Wildman–Crippen MR) is 111 cm³/mol. The number of urea groups is 1. The summed E-state index contributed by atoms with van der Waals surface area (Å²) in [5.74, 6) is -0.0699. The van der Waals surface area contributed by atoms with E-state index in [1.165, 1.54) is 47.5 Å². The lowest BCUT2D eigenvalue weighted by atomic mass is 10.1. The first kappa shape index (κ1) is 22.1. The van der Waals surface area contributed by atoms with E-state index in [0.717, 1.165) is 12.1 Å². The lowest BCUT2D eigenvalue weighted by molar-refractivity contribution is -0.137. The first-order chi connectivity index (χ1) is 15.8. The number of aromatic nitrogens is 3. The molecule has 7 nitrogen and oxygen atoms in total. The average molecular weight is 459 g/mol. The summed E-state index contributed by atoms with van der Waals surface area (Å²) in [7, 11) is 0. The Kier molecular flexibility index (Phi) is 6.11. The van der Waals surface area contributed by atoms with Gasteiger partial charge >= 0.3 is 12.2 Å². The lowest BCUT2D eigenvalue weighted by Gasteiger charge is -2.15. The van der Waals surface area contributed by atoms with Crippen molar-refractivity contribution in [2.75, 3.05) is 11.9 Å². The summed E-state index contributed by atoms with van der Waals surface area (Å²) in [5.41, 5.74) is 0.481. The number of hydrogen-bond acceptors (Lipinski definition) is 4. The molecule has 0 radical (unpaired) electrons. The van der Waals surface area contributed by atoms with Gasteiger partial charge in [-0.1, -0.05) is 0 Å². The molecule has 2 aromatic carbocycles. The van der Waals surface area contributed by atoms with Crippen LogP contribution in [0.1, 0.15) is 11.3 Å². The third-order valence-corrected chi connectivity index (χ3v) is 4.63. The molecular formula is C22H17F4N5O2. The maximum absolute atomic E-state index is 13.1. The molecular weight excluding hydrogens is 442 g/mol. The Bertz CT molecular complexity index is 1230. The van der Waals surface area contributed by atoms with Gasteiger partial charge in [0.25, 0.3) is 0 Å². The van der Waals surface area contributed by atoms with Gasteiger partial charge in [-0.05, 0) is 48.5 Å². The van der Waals surface area contributed by atoms with Crippen molar-refractivity contribution in [3.05, 3.63) is 84.3 Å². The number of oxazole rings is 1. The molecule has 0 unspecified atom stereocenters. The maximum atomic E-state index is 13.1. The summed E-state index contributed by atoms with van der Waals surface area (Å²) in [4.78, 5) is 16.6. The number of nitrogens with one attached hydrogen (secondary N) is 2. The zero-order valence-corrected chi connectivity index (χ0v) is 16.9. The van der Waals surface area contributed by atoms with E-state index in [9.17, 15) is 22.4 Å². The number of halogens is 4. The van der Waals surface area contributed by atoms with Crippen LogP contribution in [0.4, 0.5) is 28.0 Å². The van der Waals surface area contributed by atoms with Crippen LogP contribution in [0.2, 0.25) is 0 Å². The van der Waals surface area contributed by atoms with Crippen LogP contribution in [0.3, 0.4) is 0 Å². The average Bonchev–Trinajstić information content (AvgIpc) is 3.46. The quantitative estimate of drug-likeness (QED) is 0.395. The van der Waals surface area contributed by atoms with E-state index in [0.29, 0.717) is 23.6 Å². The van der Waals surface area contributed by atoms with Crippen LogP contribution in [-0.2, 0) is 12.6 Å². The molecule has 0 atom stereocenters. The molecule has 2 aromatic heterocycles. The molecule has 0 aliphatic carbocycles. The van der Waals surface area contributed by atoms with Crippen molar-refractivity contribution in [1.29, 1.82) is 0 Å². The van der Waals surface area contributed by atoms with Crippen molar-refractivity contribution in [1.82, 2.24) is 20.1 Å². The summed E-state index contributed by atoms with van der Waals surface area (Å²) >= 11 is 0. The summed E-state index contributed by atoms with van der Waals surface area (Å²) in [6.07, 6.45) is 0.187. The lowest BCUT2D eigenvalue weighted by Crippen LogP contribution is -2.31. The summed E-state index contributed by atoms with van der Waals surface area (Å²) < 4.78 is 59.1. The highest BCUT2D eigenvalue weighted by Crippen LogP contribution is 2.33. The molecule has 11 heteroatoms. The number of benzene rings is 2. The monoisotopic (exact) mass is 459 g/mol. The minimum atomic E-state index is -4.56. The normalized spacial score (nSPS) is 11.4. The molecule has 0 fully saturated rings. The van der Waals surface area contributed by atoms with E-state index < -0.39 is 17.8 Å². The van der Waals surface area contributed by atoms with E-state index in [2.05, 4.69) is 20.7 Å². The molecule has 4 aromatic rings. The highest BCUT2D eigenvalue weighted by atomic mass is 19.4. The number of carbonyl (C=O) groups excluding carboxylic acids is 1. The second-order valence-corrected chi connectivity index (χ2v) is 6.96. The highest BCUT2D eigenvalue weighted by molar-refractivity contribution is 5.91. The number of alkyl halides is 3. The summed E-state index contributed by atoms with van der Waals surface area (Å²) in [6.45, 7) is 0.150. The predicted octanol–water partition coefficient (Wildman–Crippen LogP) is 5.05. The second-order valence-electron chi connectivity index (χ2n) is 6.96. The number of rotatable bonds is 6. The molecule has 4 rings (SSSR count). The standard InChI is InChI=1S/C22H17F4N5O2/c23-16-5-2-14(3-6-16)20-29-17(13-33-20)8-10-27-21(32)30-18-12-15(22(24,25)26)4-7-19(18)31-11-1-9-28-31/h1-7,9,11-13H,8,10H2,(H2,27,30,32). The largest absolute Gasteiger partial charge is 0.444 e. The van der Waals surface area contributed by atoms with Gasteiger partial charge in [0.05, 0.1) is 22.6 Å². The molecule has 0 aliphatic heterocycles. The van der Waals surface area contributed by atoms with Gasteiger partial charge in [0.2, 0.25) is 5.89 Å². The van der Waals surface area contributed by atoms with Gasteiger partial charge in [-0.3, -0.25) is 0 Å². The summed E-state index contributed by atoms with van der Waals surface area (Å²) in [6, 6.07) is 9.56. The van der Waals surface area contributed by atoms with Crippen molar-refractivity contribution < 1.29 is 26.8 Å². The van der Waals surface area contributed by atoms with Crippen molar-refractivity contribution in [3.63, 3.8) is 0 Å². The van der Waals surface area contributed by atoms with Gasteiger partial charge in [0.15, 0.2) is 0 Å². The second kappa shape index (κ2) is 9.15. The zero-order chi connectivity index (χ0) is 23.4. The van der Waals surface area contributed by atoms with Gasteiger partial charge in [-0.15, -0.1) is 0 Å². The molecule has 2 amide bonds. The number of anilines is 1. The van der Waals surface area contributed by atoms with Crippen LogP contribution < -0.4 is 10.6 Å². The Morgan fingerprint density at radius 1 is 1.12 bits per heavy atom. The molecule has 0 aliphatic rings. The molecule has 2 N–H and O–H groups in total. The molecule has 0 saturated carbocycles. The fourth-order valence-corrected chi connectivity index (χ4v) is 3.04. The van der Waals surface area contributed by atoms with E-state index in [1.54, 1.807) is 12.3 Å². The van der Waals surface area contributed by atoms with Crippen molar-refractivity contribution in [2.24, 2.45) is 0 Å². The van der Waals surface area contributed by atoms with Crippen LogP contribution in [0.25, 0.3) is 17.1 Å². The highest BCUT2D eigenvalue weighted by Gasteiger charge is 2.31. The summed E-state index contributed by atoms with van der Waals surface area (Å²) in [5, 5.41) is 9.02. The maximum Gasteiger partial charge on any atom is 0.416 e. The van der Waals surface area contributed by atoms with Gasteiger partial charge in [0, 0.05) is 30.9 Å². The Hall–Kier alpha value is -4.15. The van der Waals surface area contributed by atoms with Crippen LogP contribution in [-0.4, -0.2) is 27.3 Å². The number of hydrogen-bond donors (Lipinski definition) is 2. The van der Waals surface area contributed by atoms with Gasteiger partial charge in [0.1, 0.15) is 12.1 Å². The van der Waals surface area contributed by atoms with Crippen LogP contribution in [0, 0.1) is 5.82 Å². The molecule has 33 heavy (non-hydrogen) atoms. The minimum absolute atomic E-state index is 0.0499. The third-order valence-electron chi connectivity index (χ3n) is 4.63. The number of nitrogens with zero attached hydrogens (tertiary/aromatic N) is 3. The molecule has 0 spiro atoms. The number of amides is 2. The van der Waals surface area contributed by atoms with Crippen molar-refractivity contribution >= 4 is 11.7 Å². The minimum Gasteiger partial charge on any atom is -0.444 e. The van der Waals surface area contributed by atoms with Gasteiger partial charge in [-0.2, -0.15) is 18.3 Å².